The third-order valence-corrected chi connectivity index (χ3v) is 3.82. The fourth-order valence-corrected chi connectivity index (χ4v) is 2.30. The lowest BCUT2D eigenvalue weighted by Gasteiger charge is -2.23. The van der Waals surface area contributed by atoms with Gasteiger partial charge in [0, 0.05) is 12.1 Å². The molecule has 1 atom stereocenters. The highest BCUT2D eigenvalue weighted by Crippen LogP contribution is 2.17. The Morgan fingerprint density at radius 3 is 2.60 bits per heavy atom. The molecule has 0 radical (unpaired) electrons. The minimum atomic E-state index is 0.733. The van der Waals surface area contributed by atoms with E-state index in [1.165, 1.54) is 51.6 Å². The average molecular weight is 212 g/mol. The molecule has 1 unspecified atom stereocenters. The molecular formula is C13H28N2. The van der Waals surface area contributed by atoms with Gasteiger partial charge in [-0.05, 0) is 52.7 Å². The number of hydrogen-bond acceptors (Lipinski definition) is 2. The van der Waals surface area contributed by atoms with Gasteiger partial charge < -0.3 is 10.2 Å². The quantitative estimate of drug-likeness (QED) is 0.653. The van der Waals surface area contributed by atoms with Crippen LogP contribution in [-0.2, 0) is 0 Å². The highest BCUT2D eigenvalue weighted by Gasteiger charge is 2.13. The van der Waals surface area contributed by atoms with Crippen LogP contribution in [0.15, 0.2) is 0 Å². The van der Waals surface area contributed by atoms with Gasteiger partial charge >= 0.3 is 0 Å². The first kappa shape index (κ1) is 13.0. The van der Waals surface area contributed by atoms with E-state index in [0.717, 1.165) is 12.1 Å². The van der Waals surface area contributed by atoms with Gasteiger partial charge in [0.25, 0.3) is 0 Å². The van der Waals surface area contributed by atoms with Crippen LogP contribution < -0.4 is 5.32 Å². The largest absolute Gasteiger partial charge is 0.314 e. The molecule has 2 nitrogen and oxygen atoms in total. The zero-order chi connectivity index (χ0) is 11.1. The first-order chi connectivity index (χ1) is 7.24. The van der Waals surface area contributed by atoms with Gasteiger partial charge in [-0.2, -0.15) is 0 Å². The van der Waals surface area contributed by atoms with Crippen molar-refractivity contribution in [3.05, 3.63) is 0 Å². The second-order valence-corrected chi connectivity index (χ2v) is 5.03. The van der Waals surface area contributed by atoms with Gasteiger partial charge in [0.05, 0.1) is 0 Å². The lowest BCUT2D eigenvalue weighted by atomic mass is 10.2. The fraction of sp³-hybridized carbons (Fsp3) is 1.00. The van der Waals surface area contributed by atoms with Crippen molar-refractivity contribution in [1.29, 1.82) is 0 Å². The Kier molecular flexibility index (Phi) is 6.26. The molecule has 0 aromatic rings. The highest BCUT2D eigenvalue weighted by atomic mass is 15.1. The van der Waals surface area contributed by atoms with Gasteiger partial charge in [0.15, 0.2) is 0 Å². The third-order valence-electron chi connectivity index (χ3n) is 3.82. The molecule has 0 spiro atoms. The molecule has 1 rings (SSSR count). The molecule has 1 N–H and O–H groups in total. The standard InChI is InChI=1S/C13H28N2/c1-4-12(2)15(3)11-7-10-14-13-8-5-6-9-13/h12-14H,4-11H2,1-3H3. The number of nitrogens with one attached hydrogen (secondary N) is 1. The molecule has 90 valence electrons. The minimum Gasteiger partial charge on any atom is -0.314 e. The molecule has 0 aromatic carbocycles. The van der Waals surface area contributed by atoms with Crippen molar-refractivity contribution < 1.29 is 0 Å². The summed E-state index contributed by atoms with van der Waals surface area (Å²) < 4.78 is 0. The number of rotatable bonds is 7. The van der Waals surface area contributed by atoms with Gasteiger partial charge in [-0.25, -0.2) is 0 Å². The molecule has 0 aromatic heterocycles. The summed E-state index contributed by atoms with van der Waals surface area (Å²) in [6, 6.07) is 1.57. The van der Waals surface area contributed by atoms with E-state index in [2.05, 4.69) is 31.1 Å². The average Bonchev–Trinajstić information content (AvgIpc) is 2.75. The summed E-state index contributed by atoms with van der Waals surface area (Å²) >= 11 is 0. The molecule has 0 heterocycles. The SMILES string of the molecule is CCC(C)N(C)CCCNC1CCCC1. The predicted molar refractivity (Wildman–Crippen MR) is 67.3 cm³/mol. The van der Waals surface area contributed by atoms with Crippen molar-refractivity contribution in [3.8, 4) is 0 Å². The Hall–Kier alpha value is -0.0800. The molecule has 1 aliphatic rings. The lowest BCUT2D eigenvalue weighted by Crippen LogP contribution is -2.33. The third kappa shape index (κ3) is 4.98. The molecule has 0 saturated heterocycles. The topological polar surface area (TPSA) is 15.3 Å². The Labute approximate surface area is 95.4 Å². The minimum absolute atomic E-state index is 0.733. The van der Waals surface area contributed by atoms with E-state index < -0.39 is 0 Å². The van der Waals surface area contributed by atoms with Crippen LogP contribution in [0.25, 0.3) is 0 Å². The van der Waals surface area contributed by atoms with Gasteiger partial charge in [0.2, 0.25) is 0 Å². The Morgan fingerprint density at radius 2 is 2.00 bits per heavy atom. The predicted octanol–water partition coefficient (Wildman–Crippen LogP) is 2.64. The summed E-state index contributed by atoms with van der Waals surface area (Å²) in [5.41, 5.74) is 0. The molecular weight excluding hydrogens is 184 g/mol. The monoisotopic (exact) mass is 212 g/mol. The van der Waals surface area contributed by atoms with E-state index >= 15 is 0 Å². The van der Waals surface area contributed by atoms with Crippen molar-refractivity contribution in [1.82, 2.24) is 10.2 Å². The van der Waals surface area contributed by atoms with E-state index in [0.29, 0.717) is 0 Å². The summed E-state index contributed by atoms with van der Waals surface area (Å²) in [5, 5.41) is 3.67. The fourth-order valence-electron chi connectivity index (χ4n) is 2.30. The number of nitrogens with zero attached hydrogens (tertiary/aromatic N) is 1. The zero-order valence-corrected chi connectivity index (χ0v) is 10.8. The van der Waals surface area contributed by atoms with E-state index in [4.69, 9.17) is 0 Å². The number of hydrogen-bond donors (Lipinski definition) is 1. The van der Waals surface area contributed by atoms with Gasteiger partial charge in [-0.1, -0.05) is 19.8 Å². The second-order valence-electron chi connectivity index (χ2n) is 5.03. The van der Waals surface area contributed by atoms with Crippen molar-refractivity contribution in [2.24, 2.45) is 0 Å². The molecule has 0 bridgehead atoms. The molecule has 1 aliphatic carbocycles. The first-order valence-corrected chi connectivity index (χ1v) is 6.67. The summed E-state index contributed by atoms with van der Waals surface area (Å²) in [6.07, 6.45) is 8.22. The van der Waals surface area contributed by atoms with Crippen LogP contribution in [0.3, 0.4) is 0 Å². The molecule has 1 fully saturated rings. The Balaban J connectivity index is 1.96. The summed E-state index contributed by atoms with van der Waals surface area (Å²) in [6.45, 7) is 7.00. The van der Waals surface area contributed by atoms with Crippen LogP contribution >= 0.6 is 0 Å². The van der Waals surface area contributed by atoms with Crippen molar-refractivity contribution in [3.63, 3.8) is 0 Å². The van der Waals surface area contributed by atoms with E-state index in [1.807, 2.05) is 0 Å². The van der Waals surface area contributed by atoms with Crippen molar-refractivity contribution in [2.75, 3.05) is 20.1 Å². The van der Waals surface area contributed by atoms with E-state index in [-0.39, 0.29) is 0 Å². The molecule has 2 heteroatoms. The van der Waals surface area contributed by atoms with Crippen LogP contribution in [0.4, 0.5) is 0 Å². The van der Waals surface area contributed by atoms with Crippen LogP contribution in [-0.4, -0.2) is 37.1 Å². The summed E-state index contributed by atoms with van der Waals surface area (Å²) in [5.74, 6) is 0. The molecule has 0 aliphatic heterocycles. The smallest absolute Gasteiger partial charge is 0.00670 e. The van der Waals surface area contributed by atoms with Crippen molar-refractivity contribution >= 4 is 0 Å². The maximum atomic E-state index is 3.67. The van der Waals surface area contributed by atoms with Crippen LogP contribution in [0.1, 0.15) is 52.4 Å². The van der Waals surface area contributed by atoms with Crippen LogP contribution in [0, 0.1) is 0 Å². The Morgan fingerprint density at radius 1 is 1.33 bits per heavy atom. The zero-order valence-electron chi connectivity index (χ0n) is 10.8. The highest BCUT2D eigenvalue weighted by molar-refractivity contribution is 4.73. The summed E-state index contributed by atoms with van der Waals surface area (Å²) in [4.78, 5) is 2.47. The van der Waals surface area contributed by atoms with E-state index in [9.17, 15) is 0 Å². The normalized spacial score (nSPS) is 20.0. The lowest BCUT2D eigenvalue weighted by molar-refractivity contribution is 0.247. The second kappa shape index (κ2) is 7.24. The first-order valence-electron chi connectivity index (χ1n) is 6.67. The molecule has 1 saturated carbocycles. The Bertz CT molecular complexity index is 153. The van der Waals surface area contributed by atoms with E-state index in [1.54, 1.807) is 0 Å². The maximum absolute atomic E-state index is 3.67. The van der Waals surface area contributed by atoms with Gasteiger partial charge in [-0.3, -0.25) is 0 Å². The van der Waals surface area contributed by atoms with Gasteiger partial charge in [-0.15, -0.1) is 0 Å². The van der Waals surface area contributed by atoms with Gasteiger partial charge in [0.1, 0.15) is 0 Å². The summed E-state index contributed by atoms with van der Waals surface area (Å²) in [7, 11) is 2.24. The molecule has 15 heavy (non-hydrogen) atoms. The maximum Gasteiger partial charge on any atom is 0.00670 e. The van der Waals surface area contributed by atoms with Crippen LogP contribution in [0.5, 0.6) is 0 Å². The molecule has 0 amide bonds. The van der Waals surface area contributed by atoms with Crippen molar-refractivity contribution in [2.45, 2.75) is 64.5 Å². The van der Waals surface area contributed by atoms with Crippen LogP contribution in [0.2, 0.25) is 0 Å².